The summed E-state index contributed by atoms with van der Waals surface area (Å²) in [4.78, 5) is 3.12. The molecule has 0 unspecified atom stereocenters. The van der Waals surface area contributed by atoms with Crippen molar-refractivity contribution >= 4 is 10.9 Å². The highest BCUT2D eigenvalue weighted by atomic mass is 16.5. The Morgan fingerprint density at radius 1 is 1.47 bits per heavy atom. The predicted octanol–water partition coefficient (Wildman–Crippen LogP) is 2.62. The third kappa shape index (κ3) is 1.83. The molecule has 0 spiro atoms. The lowest BCUT2D eigenvalue weighted by molar-refractivity contribution is 0.201. The Hall–Kier alpha value is -1.48. The summed E-state index contributed by atoms with van der Waals surface area (Å²) in [5, 5.41) is 10.6. The summed E-state index contributed by atoms with van der Waals surface area (Å²) in [6.07, 6.45) is 1.38. The second-order valence-corrected chi connectivity index (χ2v) is 3.56. The fraction of sp³-hybridized carbons (Fsp3) is 0.333. The molecule has 80 valence electrons. The molecule has 2 N–H and O–H groups in total. The molecule has 1 atom stereocenters. The largest absolute Gasteiger partial charge is 0.494 e. The molecule has 0 saturated heterocycles. The lowest BCUT2D eigenvalue weighted by atomic mass is 10.1. The van der Waals surface area contributed by atoms with E-state index in [4.69, 9.17) is 4.74 Å². The van der Waals surface area contributed by atoms with Crippen LogP contribution in [-0.2, 0) is 0 Å². The highest BCUT2D eigenvalue weighted by molar-refractivity contribution is 5.84. The molecule has 0 aliphatic rings. The van der Waals surface area contributed by atoms with E-state index >= 15 is 0 Å². The van der Waals surface area contributed by atoms with Gasteiger partial charge in [-0.3, -0.25) is 0 Å². The molecule has 1 aromatic carbocycles. The normalized spacial score (nSPS) is 13.0. The Kier molecular flexibility index (Phi) is 2.64. The van der Waals surface area contributed by atoms with Crippen molar-refractivity contribution in [1.29, 1.82) is 0 Å². The minimum Gasteiger partial charge on any atom is -0.494 e. The van der Waals surface area contributed by atoms with Gasteiger partial charge < -0.3 is 14.8 Å². The van der Waals surface area contributed by atoms with Crippen molar-refractivity contribution in [1.82, 2.24) is 4.98 Å². The highest BCUT2D eigenvalue weighted by Crippen LogP contribution is 2.27. The summed E-state index contributed by atoms with van der Waals surface area (Å²) in [7, 11) is 0. The Labute approximate surface area is 88.7 Å². The van der Waals surface area contributed by atoms with Crippen LogP contribution in [0.1, 0.15) is 25.5 Å². The SMILES string of the molecule is CCOc1ccc2[nH]cc([C@H](C)O)c2c1. The molecule has 0 radical (unpaired) electrons. The molecule has 15 heavy (non-hydrogen) atoms. The molecule has 3 nitrogen and oxygen atoms in total. The minimum absolute atomic E-state index is 0.462. The van der Waals surface area contributed by atoms with Crippen LogP contribution < -0.4 is 4.74 Å². The van der Waals surface area contributed by atoms with E-state index in [1.807, 2.05) is 31.3 Å². The first-order chi connectivity index (χ1) is 7.22. The first-order valence-corrected chi connectivity index (χ1v) is 5.14. The zero-order chi connectivity index (χ0) is 10.8. The third-order valence-corrected chi connectivity index (χ3v) is 2.45. The van der Waals surface area contributed by atoms with Crippen LogP contribution in [0.4, 0.5) is 0 Å². The second-order valence-electron chi connectivity index (χ2n) is 3.56. The first-order valence-electron chi connectivity index (χ1n) is 5.14. The van der Waals surface area contributed by atoms with Gasteiger partial charge in [-0.25, -0.2) is 0 Å². The van der Waals surface area contributed by atoms with Crippen molar-refractivity contribution in [3.8, 4) is 5.75 Å². The van der Waals surface area contributed by atoms with Crippen molar-refractivity contribution in [2.24, 2.45) is 0 Å². The maximum Gasteiger partial charge on any atom is 0.120 e. The van der Waals surface area contributed by atoms with Gasteiger partial charge in [0, 0.05) is 22.7 Å². The van der Waals surface area contributed by atoms with Crippen LogP contribution in [0.15, 0.2) is 24.4 Å². The smallest absolute Gasteiger partial charge is 0.120 e. The Morgan fingerprint density at radius 2 is 2.27 bits per heavy atom. The molecule has 1 aromatic heterocycles. The lowest BCUT2D eigenvalue weighted by Crippen LogP contribution is -1.92. The number of rotatable bonds is 3. The zero-order valence-electron chi connectivity index (χ0n) is 8.95. The number of aromatic amines is 1. The number of hydrogen-bond acceptors (Lipinski definition) is 2. The maximum absolute atomic E-state index is 9.57. The van der Waals surface area contributed by atoms with Crippen molar-refractivity contribution in [3.63, 3.8) is 0 Å². The molecule has 0 amide bonds. The molecular weight excluding hydrogens is 190 g/mol. The summed E-state index contributed by atoms with van der Waals surface area (Å²) < 4.78 is 5.42. The van der Waals surface area contributed by atoms with E-state index < -0.39 is 6.10 Å². The zero-order valence-corrected chi connectivity index (χ0v) is 8.95. The maximum atomic E-state index is 9.57. The molecule has 1 heterocycles. The fourth-order valence-corrected chi connectivity index (χ4v) is 1.72. The molecule has 0 aliphatic heterocycles. The molecule has 2 rings (SSSR count). The van der Waals surface area contributed by atoms with E-state index in [0.717, 1.165) is 22.2 Å². The number of aliphatic hydroxyl groups is 1. The van der Waals surface area contributed by atoms with Crippen LogP contribution >= 0.6 is 0 Å². The summed E-state index contributed by atoms with van der Waals surface area (Å²) >= 11 is 0. The fourth-order valence-electron chi connectivity index (χ4n) is 1.72. The summed E-state index contributed by atoms with van der Waals surface area (Å²) in [5.74, 6) is 0.839. The van der Waals surface area contributed by atoms with E-state index in [2.05, 4.69) is 4.98 Å². The van der Waals surface area contributed by atoms with Gasteiger partial charge in [0.1, 0.15) is 5.75 Å². The molecule has 0 fully saturated rings. The quantitative estimate of drug-likeness (QED) is 0.809. The van der Waals surface area contributed by atoms with E-state index in [1.54, 1.807) is 6.92 Å². The number of hydrogen-bond donors (Lipinski definition) is 2. The number of aliphatic hydroxyl groups excluding tert-OH is 1. The summed E-state index contributed by atoms with van der Waals surface area (Å²) in [6.45, 7) is 4.37. The molecular formula is C12H15NO2. The Bertz CT molecular complexity index is 460. The number of ether oxygens (including phenoxy) is 1. The van der Waals surface area contributed by atoms with Gasteiger partial charge in [0.05, 0.1) is 12.7 Å². The summed E-state index contributed by atoms with van der Waals surface area (Å²) in [5.41, 5.74) is 1.93. The van der Waals surface area contributed by atoms with Gasteiger partial charge in [0.2, 0.25) is 0 Å². The monoisotopic (exact) mass is 205 g/mol. The van der Waals surface area contributed by atoms with Gasteiger partial charge >= 0.3 is 0 Å². The van der Waals surface area contributed by atoms with Crippen molar-refractivity contribution in [2.45, 2.75) is 20.0 Å². The number of fused-ring (bicyclic) bond motifs is 1. The molecule has 0 saturated carbocycles. The first kappa shape index (κ1) is 10.1. The van der Waals surface area contributed by atoms with Crippen LogP contribution in [0, 0.1) is 0 Å². The van der Waals surface area contributed by atoms with Gasteiger partial charge in [-0.1, -0.05) is 0 Å². The molecule has 2 aromatic rings. The number of benzene rings is 1. The van der Waals surface area contributed by atoms with E-state index in [-0.39, 0.29) is 0 Å². The van der Waals surface area contributed by atoms with Gasteiger partial charge in [0.15, 0.2) is 0 Å². The van der Waals surface area contributed by atoms with Crippen LogP contribution in [0.25, 0.3) is 10.9 Å². The molecule has 0 bridgehead atoms. The second kappa shape index (κ2) is 3.95. The van der Waals surface area contributed by atoms with Crippen molar-refractivity contribution in [3.05, 3.63) is 30.0 Å². The Morgan fingerprint density at radius 3 is 2.93 bits per heavy atom. The van der Waals surface area contributed by atoms with E-state index in [1.165, 1.54) is 0 Å². The molecule has 3 heteroatoms. The van der Waals surface area contributed by atoms with Gasteiger partial charge in [-0.15, -0.1) is 0 Å². The lowest BCUT2D eigenvalue weighted by Gasteiger charge is -2.05. The average molecular weight is 205 g/mol. The van der Waals surface area contributed by atoms with Crippen LogP contribution in [0.5, 0.6) is 5.75 Å². The van der Waals surface area contributed by atoms with Crippen molar-refractivity contribution < 1.29 is 9.84 Å². The highest BCUT2D eigenvalue weighted by Gasteiger charge is 2.08. The van der Waals surface area contributed by atoms with Gasteiger partial charge in [-0.2, -0.15) is 0 Å². The minimum atomic E-state index is -0.462. The number of nitrogens with one attached hydrogen (secondary N) is 1. The van der Waals surface area contributed by atoms with E-state index in [0.29, 0.717) is 6.61 Å². The summed E-state index contributed by atoms with van der Waals surface area (Å²) in [6, 6.07) is 5.84. The number of H-pyrrole nitrogens is 1. The van der Waals surface area contributed by atoms with Gasteiger partial charge in [0.25, 0.3) is 0 Å². The van der Waals surface area contributed by atoms with Crippen LogP contribution in [0.2, 0.25) is 0 Å². The van der Waals surface area contributed by atoms with E-state index in [9.17, 15) is 5.11 Å². The number of aromatic nitrogens is 1. The average Bonchev–Trinajstić information content (AvgIpc) is 2.61. The standard InChI is InChI=1S/C12H15NO2/c1-3-15-9-4-5-12-10(6-9)11(7-13-12)8(2)14/h4-8,13-14H,3H2,1-2H3/t8-/m0/s1. The van der Waals surface area contributed by atoms with Crippen molar-refractivity contribution in [2.75, 3.05) is 6.61 Å². The Balaban J connectivity index is 2.51. The van der Waals surface area contributed by atoms with Gasteiger partial charge in [-0.05, 0) is 32.0 Å². The molecule has 0 aliphatic carbocycles. The van der Waals surface area contributed by atoms with Crippen LogP contribution in [-0.4, -0.2) is 16.7 Å². The predicted molar refractivity (Wildman–Crippen MR) is 60.1 cm³/mol. The topological polar surface area (TPSA) is 45.2 Å². The third-order valence-electron chi connectivity index (χ3n) is 2.45. The van der Waals surface area contributed by atoms with Crippen LogP contribution in [0.3, 0.4) is 0 Å².